The number of hydrogen-bond donors (Lipinski definition) is 1. The Morgan fingerprint density at radius 3 is 2.30 bits per heavy atom. The minimum absolute atomic E-state index is 0.0284. The highest BCUT2D eigenvalue weighted by Gasteiger charge is 2.19. The van der Waals surface area contributed by atoms with Crippen LogP contribution in [0, 0.1) is 17.5 Å². The zero-order valence-electron chi connectivity index (χ0n) is 10.4. The molecule has 0 bridgehead atoms. The highest BCUT2D eigenvalue weighted by atomic mass is 79.9. The monoisotopic (exact) mass is 363 g/mol. The van der Waals surface area contributed by atoms with Gasteiger partial charge in [-0.1, -0.05) is 17.7 Å². The first kappa shape index (κ1) is 15.4. The van der Waals surface area contributed by atoms with Crippen LogP contribution >= 0.6 is 27.5 Å². The van der Waals surface area contributed by atoms with Gasteiger partial charge >= 0.3 is 0 Å². The summed E-state index contributed by atoms with van der Waals surface area (Å²) < 4.78 is 40.8. The first-order valence-electron chi connectivity index (χ1n) is 5.70. The van der Waals surface area contributed by atoms with Gasteiger partial charge in [0.05, 0.1) is 11.1 Å². The van der Waals surface area contributed by atoms with Gasteiger partial charge in [0, 0.05) is 16.1 Å². The van der Waals surface area contributed by atoms with Crippen LogP contribution in [-0.2, 0) is 0 Å². The van der Waals surface area contributed by atoms with Gasteiger partial charge in [0.15, 0.2) is 11.6 Å². The van der Waals surface area contributed by atoms with Crippen molar-refractivity contribution < 1.29 is 13.2 Å². The molecule has 0 fully saturated rings. The van der Waals surface area contributed by atoms with Crippen LogP contribution in [0.25, 0.3) is 0 Å². The highest BCUT2D eigenvalue weighted by Crippen LogP contribution is 2.30. The molecule has 2 aromatic rings. The lowest BCUT2D eigenvalue weighted by Crippen LogP contribution is -2.19. The van der Waals surface area contributed by atoms with Crippen molar-refractivity contribution in [1.29, 1.82) is 0 Å². The van der Waals surface area contributed by atoms with Gasteiger partial charge in [-0.15, -0.1) is 0 Å². The largest absolute Gasteiger partial charge is 0.309 e. The number of rotatable bonds is 3. The van der Waals surface area contributed by atoms with E-state index in [9.17, 15) is 13.2 Å². The van der Waals surface area contributed by atoms with Crippen LogP contribution in [0.3, 0.4) is 0 Å². The Kier molecular flexibility index (Phi) is 4.73. The van der Waals surface area contributed by atoms with Crippen LogP contribution in [-0.4, -0.2) is 7.05 Å². The normalized spacial score (nSPS) is 12.5. The zero-order valence-corrected chi connectivity index (χ0v) is 12.7. The van der Waals surface area contributed by atoms with E-state index in [1.165, 1.54) is 0 Å². The van der Waals surface area contributed by atoms with Crippen molar-refractivity contribution in [3.05, 3.63) is 68.4 Å². The van der Waals surface area contributed by atoms with Crippen molar-refractivity contribution >= 4 is 27.5 Å². The van der Waals surface area contributed by atoms with E-state index in [4.69, 9.17) is 11.6 Å². The molecular weight excluding hydrogens is 355 g/mol. The molecule has 20 heavy (non-hydrogen) atoms. The van der Waals surface area contributed by atoms with Crippen molar-refractivity contribution in [2.75, 3.05) is 7.05 Å². The van der Waals surface area contributed by atoms with E-state index in [-0.39, 0.29) is 5.56 Å². The summed E-state index contributed by atoms with van der Waals surface area (Å²) in [4.78, 5) is 0. The molecular formula is C14H10BrClF3N. The second-order valence-electron chi connectivity index (χ2n) is 4.18. The van der Waals surface area contributed by atoms with Gasteiger partial charge < -0.3 is 5.32 Å². The van der Waals surface area contributed by atoms with Crippen LogP contribution in [0.4, 0.5) is 13.2 Å². The maximum atomic E-state index is 13.8. The Bertz CT molecular complexity index is 649. The Hall–Kier alpha value is -1.04. The molecule has 0 aliphatic heterocycles. The number of halogens is 5. The summed E-state index contributed by atoms with van der Waals surface area (Å²) in [6.45, 7) is 0. The molecule has 1 atom stereocenters. The fourth-order valence-corrected chi connectivity index (χ4v) is 2.47. The number of nitrogens with one attached hydrogen (secondary N) is 1. The first-order chi connectivity index (χ1) is 9.43. The molecule has 2 rings (SSSR count). The molecule has 6 heteroatoms. The lowest BCUT2D eigenvalue weighted by Gasteiger charge is -2.18. The molecule has 0 radical (unpaired) electrons. The van der Waals surface area contributed by atoms with E-state index >= 15 is 0 Å². The number of benzene rings is 2. The average molecular weight is 365 g/mol. The van der Waals surface area contributed by atoms with Gasteiger partial charge in [-0.25, -0.2) is 13.2 Å². The van der Waals surface area contributed by atoms with Crippen LogP contribution in [0.1, 0.15) is 17.2 Å². The predicted octanol–water partition coefficient (Wildman–Crippen LogP) is 4.83. The third-order valence-electron chi connectivity index (χ3n) is 2.92. The molecule has 1 nitrogen and oxygen atoms in total. The van der Waals surface area contributed by atoms with Gasteiger partial charge in [0.25, 0.3) is 0 Å². The third-order valence-corrected chi connectivity index (χ3v) is 4.13. The minimum atomic E-state index is -1.21. The topological polar surface area (TPSA) is 12.0 Å². The fourth-order valence-electron chi connectivity index (χ4n) is 1.95. The second-order valence-corrected chi connectivity index (χ2v) is 5.44. The summed E-state index contributed by atoms with van der Waals surface area (Å²) in [7, 11) is 1.61. The van der Waals surface area contributed by atoms with E-state index in [0.29, 0.717) is 21.1 Å². The Labute approximate surface area is 127 Å². The summed E-state index contributed by atoms with van der Waals surface area (Å²) in [6.07, 6.45) is 0. The number of hydrogen-bond acceptors (Lipinski definition) is 1. The quantitative estimate of drug-likeness (QED) is 0.769. The van der Waals surface area contributed by atoms with Gasteiger partial charge in [-0.05, 0) is 46.7 Å². The zero-order chi connectivity index (χ0) is 14.9. The molecule has 1 unspecified atom stereocenters. The van der Waals surface area contributed by atoms with Gasteiger partial charge in [0.2, 0.25) is 0 Å². The van der Waals surface area contributed by atoms with Gasteiger partial charge in [0.1, 0.15) is 5.82 Å². The molecule has 0 saturated carbocycles. The lowest BCUT2D eigenvalue weighted by molar-refractivity contribution is 0.483. The highest BCUT2D eigenvalue weighted by molar-refractivity contribution is 9.10. The molecule has 0 aliphatic carbocycles. The van der Waals surface area contributed by atoms with E-state index in [2.05, 4.69) is 21.2 Å². The standard InChI is InChI=1S/C14H10BrClF3N/c1-20-14(7-2-3-10(16)9(15)4-7)8-5-12(18)13(19)6-11(8)17/h2-6,14,20H,1H3. The van der Waals surface area contributed by atoms with Gasteiger partial charge in [-0.3, -0.25) is 0 Å². The summed E-state index contributed by atoms with van der Waals surface area (Å²) in [5, 5.41) is 3.38. The maximum Gasteiger partial charge on any atom is 0.161 e. The van der Waals surface area contributed by atoms with Crippen molar-refractivity contribution in [3.63, 3.8) is 0 Å². The van der Waals surface area contributed by atoms with Crippen LogP contribution in [0.5, 0.6) is 0 Å². The Morgan fingerprint density at radius 2 is 1.70 bits per heavy atom. The summed E-state index contributed by atoms with van der Waals surface area (Å²) >= 11 is 9.17. The predicted molar refractivity (Wildman–Crippen MR) is 76.4 cm³/mol. The van der Waals surface area contributed by atoms with Crippen molar-refractivity contribution in [2.45, 2.75) is 6.04 Å². The molecule has 0 aromatic heterocycles. The molecule has 0 spiro atoms. The molecule has 0 heterocycles. The van der Waals surface area contributed by atoms with Gasteiger partial charge in [-0.2, -0.15) is 0 Å². The lowest BCUT2D eigenvalue weighted by atomic mass is 9.98. The molecule has 106 valence electrons. The summed E-state index contributed by atoms with van der Waals surface area (Å²) in [6, 6.07) is 5.81. The van der Waals surface area contributed by atoms with E-state index in [0.717, 1.165) is 6.07 Å². The summed E-state index contributed by atoms with van der Waals surface area (Å²) in [5.41, 5.74) is 0.703. The molecule has 0 saturated heterocycles. The molecule has 2 aromatic carbocycles. The van der Waals surface area contributed by atoms with Crippen LogP contribution in [0.2, 0.25) is 5.02 Å². The average Bonchev–Trinajstić information content (AvgIpc) is 2.40. The molecule has 0 amide bonds. The van der Waals surface area contributed by atoms with Crippen LogP contribution in [0.15, 0.2) is 34.8 Å². The first-order valence-corrected chi connectivity index (χ1v) is 6.87. The second kappa shape index (κ2) is 6.16. The van der Waals surface area contributed by atoms with Crippen molar-refractivity contribution in [2.24, 2.45) is 0 Å². The van der Waals surface area contributed by atoms with Crippen LogP contribution < -0.4 is 5.32 Å². The van der Waals surface area contributed by atoms with E-state index < -0.39 is 23.5 Å². The fraction of sp³-hybridized carbons (Fsp3) is 0.143. The minimum Gasteiger partial charge on any atom is -0.309 e. The Balaban J connectivity index is 2.52. The molecule has 1 N–H and O–H groups in total. The Morgan fingerprint density at radius 1 is 1.05 bits per heavy atom. The smallest absolute Gasteiger partial charge is 0.161 e. The maximum absolute atomic E-state index is 13.8. The van der Waals surface area contributed by atoms with E-state index in [1.807, 2.05) is 0 Å². The molecule has 0 aliphatic rings. The SMILES string of the molecule is CNC(c1ccc(Cl)c(Br)c1)c1cc(F)c(F)cc1F. The van der Waals surface area contributed by atoms with Crippen molar-refractivity contribution in [3.8, 4) is 0 Å². The summed E-state index contributed by atoms with van der Waals surface area (Å²) in [5.74, 6) is -3.11. The third kappa shape index (κ3) is 3.00. The van der Waals surface area contributed by atoms with Crippen molar-refractivity contribution in [1.82, 2.24) is 5.32 Å². The van der Waals surface area contributed by atoms with E-state index in [1.54, 1.807) is 25.2 Å².